The van der Waals surface area contributed by atoms with Gasteiger partial charge in [0.25, 0.3) is 0 Å². The minimum Gasteiger partial charge on any atom is -0.392 e. The van der Waals surface area contributed by atoms with Crippen LogP contribution in [0.25, 0.3) is 0 Å². The second-order valence-corrected chi connectivity index (χ2v) is 8.02. The smallest absolute Gasteiger partial charge is 0.240 e. The van der Waals surface area contributed by atoms with E-state index in [9.17, 15) is 13.5 Å². The number of nitriles is 1. The summed E-state index contributed by atoms with van der Waals surface area (Å²) in [4.78, 5) is 2.32. The molecule has 0 bridgehead atoms. The number of benzene rings is 1. The zero-order chi connectivity index (χ0) is 16.4. The van der Waals surface area contributed by atoms with Gasteiger partial charge in [0.1, 0.15) is 0 Å². The molecule has 6 nitrogen and oxygen atoms in total. The van der Waals surface area contributed by atoms with Gasteiger partial charge >= 0.3 is 0 Å². The van der Waals surface area contributed by atoms with Gasteiger partial charge in [-0.3, -0.25) is 4.90 Å². The van der Waals surface area contributed by atoms with Crippen LogP contribution in [-0.2, 0) is 10.0 Å². The Labute approximate surface area is 136 Å². The molecule has 124 valence electrons. The summed E-state index contributed by atoms with van der Waals surface area (Å²) >= 11 is 0. The first-order valence-electron chi connectivity index (χ1n) is 7.94. The molecule has 1 aromatic carbocycles. The molecule has 1 aromatic rings. The average Bonchev–Trinajstić information content (AvgIpc) is 3.15. The Balaban J connectivity index is 1.75. The van der Waals surface area contributed by atoms with E-state index in [2.05, 4.69) is 9.62 Å². The van der Waals surface area contributed by atoms with Gasteiger partial charge in [0.15, 0.2) is 0 Å². The highest BCUT2D eigenvalue weighted by Crippen LogP contribution is 2.28. The maximum atomic E-state index is 12.6. The molecule has 1 aliphatic carbocycles. The molecule has 1 unspecified atom stereocenters. The van der Waals surface area contributed by atoms with Crippen LogP contribution < -0.4 is 4.72 Å². The summed E-state index contributed by atoms with van der Waals surface area (Å²) in [5.41, 5.74) is 0.332. The van der Waals surface area contributed by atoms with E-state index >= 15 is 0 Å². The van der Waals surface area contributed by atoms with Crippen LogP contribution in [0.3, 0.4) is 0 Å². The Morgan fingerprint density at radius 2 is 2.13 bits per heavy atom. The molecular formula is C16H21N3O3S. The van der Waals surface area contributed by atoms with E-state index in [0.29, 0.717) is 12.1 Å². The number of β-amino-alcohol motifs (C(OH)–C–C–N with tert-alkyl or cyclic N) is 1. The van der Waals surface area contributed by atoms with E-state index in [1.807, 2.05) is 6.07 Å². The normalized spacial score (nSPS) is 28.8. The molecule has 0 aromatic heterocycles. The van der Waals surface area contributed by atoms with Crippen molar-refractivity contribution < 1.29 is 13.5 Å². The quantitative estimate of drug-likeness (QED) is 0.850. The molecule has 1 heterocycles. The lowest BCUT2D eigenvalue weighted by Crippen LogP contribution is -2.48. The Hall–Kier alpha value is -1.46. The van der Waals surface area contributed by atoms with Crippen molar-refractivity contribution in [3.8, 4) is 6.07 Å². The SMILES string of the molecule is N#Cc1cccc(S(=O)(=O)N[C@@H]2CCC[C@@H]2N2CCC(O)C2)c1. The van der Waals surface area contributed by atoms with Gasteiger partial charge in [0, 0.05) is 25.2 Å². The number of rotatable bonds is 4. The van der Waals surface area contributed by atoms with Crippen LogP contribution >= 0.6 is 0 Å². The molecule has 7 heteroatoms. The Kier molecular flexibility index (Phi) is 4.69. The lowest BCUT2D eigenvalue weighted by Gasteiger charge is -2.29. The molecule has 1 saturated carbocycles. The van der Waals surface area contributed by atoms with Crippen LogP contribution in [0.5, 0.6) is 0 Å². The van der Waals surface area contributed by atoms with Crippen molar-refractivity contribution in [3.05, 3.63) is 29.8 Å². The third-order valence-corrected chi connectivity index (χ3v) is 6.21. The number of nitrogens with one attached hydrogen (secondary N) is 1. The van der Waals surface area contributed by atoms with Gasteiger partial charge in [-0.25, -0.2) is 13.1 Å². The summed E-state index contributed by atoms with van der Waals surface area (Å²) in [7, 11) is -3.64. The zero-order valence-corrected chi connectivity index (χ0v) is 13.7. The number of nitrogens with zero attached hydrogens (tertiary/aromatic N) is 2. The van der Waals surface area contributed by atoms with Gasteiger partial charge in [0.05, 0.1) is 22.6 Å². The third-order valence-electron chi connectivity index (χ3n) is 4.72. The van der Waals surface area contributed by atoms with Gasteiger partial charge in [-0.1, -0.05) is 12.5 Å². The molecule has 0 radical (unpaired) electrons. The molecule has 0 spiro atoms. The van der Waals surface area contributed by atoms with E-state index in [1.54, 1.807) is 12.1 Å². The summed E-state index contributed by atoms with van der Waals surface area (Å²) in [6.45, 7) is 1.43. The van der Waals surface area contributed by atoms with Crippen molar-refractivity contribution in [1.29, 1.82) is 5.26 Å². The maximum absolute atomic E-state index is 12.6. The monoisotopic (exact) mass is 335 g/mol. The molecule has 2 fully saturated rings. The maximum Gasteiger partial charge on any atom is 0.240 e. The molecule has 3 rings (SSSR count). The van der Waals surface area contributed by atoms with E-state index in [4.69, 9.17) is 5.26 Å². The van der Waals surface area contributed by atoms with Crippen molar-refractivity contribution in [1.82, 2.24) is 9.62 Å². The fourth-order valence-corrected chi connectivity index (χ4v) is 4.93. The minimum absolute atomic E-state index is 0.128. The Bertz CT molecular complexity index is 714. The van der Waals surface area contributed by atoms with Crippen LogP contribution in [-0.4, -0.2) is 49.7 Å². The van der Waals surface area contributed by atoms with Crippen LogP contribution in [0.4, 0.5) is 0 Å². The van der Waals surface area contributed by atoms with Crippen molar-refractivity contribution in [3.63, 3.8) is 0 Å². The molecule has 2 aliphatic rings. The van der Waals surface area contributed by atoms with Crippen LogP contribution in [0.2, 0.25) is 0 Å². The van der Waals surface area contributed by atoms with E-state index in [0.717, 1.165) is 32.2 Å². The topological polar surface area (TPSA) is 93.4 Å². The highest BCUT2D eigenvalue weighted by Gasteiger charge is 2.37. The molecular weight excluding hydrogens is 314 g/mol. The highest BCUT2D eigenvalue weighted by atomic mass is 32.2. The Morgan fingerprint density at radius 3 is 2.83 bits per heavy atom. The van der Waals surface area contributed by atoms with Gasteiger partial charge < -0.3 is 5.11 Å². The average molecular weight is 335 g/mol. The number of sulfonamides is 1. The largest absolute Gasteiger partial charge is 0.392 e. The number of hydrogen-bond acceptors (Lipinski definition) is 5. The molecule has 23 heavy (non-hydrogen) atoms. The number of aliphatic hydroxyl groups is 1. The van der Waals surface area contributed by atoms with Gasteiger partial charge in [-0.05, 0) is 37.5 Å². The summed E-state index contributed by atoms with van der Waals surface area (Å²) < 4.78 is 28.0. The predicted molar refractivity (Wildman–Crippen MR) is 85.1 cm³/mol. The fraction of sp³-hybridized carbons (Fsp3) is 0.562. The van der Waals surface area contributed by atoms with Crippen molar-refractivity contribution in [2.75, 3.05) is 13.1 Å². The van der Waals surface area contributed by atoms with E-state index in [1.165, 1.54) is 12.1 Å². The van der Waals surface area contributed by atoms with Crippen molar-refractivity contribution >= 4 is 10.0 Å². The highest BCUT2D eigenvalue weighted by molar-refractivity contribution is 7.89. The summed E-state index contributed by atoms with van der Waals surface area (Å²) in [5, 5.41) is 18.6. The number of aliphatic hydroxyl groups excluding tert-OH is 1. The van der Waals surface area contributed by atoms with Gasteiger partial charge in [0.2, 0.25) is 10.0 Å². The second kappa shape index (κ2) is 6.57. The standard InChI is InChI=1S/C16H21N3O3S/c17-10-12-3-1-4-14(9-12)23(21,22)18-15-5-2-6-16(15)19-8-7-13(20)11-19/h1,3-4,9,13,15-16,18,20H,2,5-8,11H2/t13?,15-,16+/m1/s1. The lowest BCUT2D eigenvalue weighted by molar-refractivity contribution is 0.153. The molecule has 1 aliphatic heterocycles. The first-order valence-corrected chi connectivity index (χ1v) is 9.42. The molecule has 2 N–H and O–H groups in total. The predicted octanol–water partition coefficient (Wildman–Crippen LogP) is 0.824. The van der Waals surface area contributed by atoms with E-state index < -0.39 is 10.0 Å². The zero-order valence-electron chi connectivity index (χ0n) is 12.9. The number of likely N-dealkylation sites (tertiary alicyclic amines) is 1. The summed E-state index contributed by atoms with van der Waals surface area (Å²) in [6, 6.07) is 8.03. The molecule has 3 atom stereocenters. The lowest BCUT2D eigenvalue weighted by atomic mass is 10.1. The fourth-order valence-electron chi connectivity index (χ4n) is 3.58. The summed E-state index contributed by atoms with van der Waals surface area (Å²) in [5.74, 6) is 0. The Morgan fingerprint density at radius 1 is 1.30 bits per heavy atom. The van der Waals surface area contributed by atoms with Crippen LogP contribution in [0, 0.1) is 11.3 Å². The first kappa shape index (κ1) is 16.4. The van der Waals surface area contributed by atoms with Crippen molar-refractivity contribution in [2.24, 2.45) is 0 Å². The number of hydrogen-bond donors (Lipinski definition) is 2. The molecule has 0 amide bonds. The van der Waals surface area contributed by atoms with Gasteiger partial charge in [-0.2, -0.15) is 5.26 Å². The van der Waals surface area contributed by atoms with Crippen LogP contribution in [0.1, 0.15) is 31.2 Å². The first-order chi connectivity index (χ1) is 11.0. The molecule has 1 saturated heterocycles. The minimum atomic E-state index is -3.64. The van der Waals surface area contributed by atoms with Crippen LogP contribution in [0.15, 0.2) is 29.2 Å². The summed E-state index contributed by atoms with van der Waals surface area (Å²) in [6.07, 6.45) is 3.16. The van der Waals surface area contributed by atoms with E-state index in [-0.39, 0.29) is 23.1 Å². The second-order valence-electron chi connectivity index (χ2n) is 6.30. The van der Waals surface area contributed by atoms with Gasteiger partial charge in [-0.15, -0.1) is 0 Å². The van der Waals surface area contributed by atoms with Crippen molar-refractivity contribution in [2.45, 2.75) is 48.8 Å². The third kappa shape index (κ3) is 3.56.